The number of aromatic nitrogens is 2. The molecule has 1 aliphatic rings. The van der Waals surface area contributed by atoms with Gasteiger partial charge in [0, 0.05) is 20.7 Å². The van der Waals surface area contributed by atoms with Gasteiger partial charge in [-0.3, -0.25) is 4.79 Å². The van der Waals surface area contributed by atoms with Gasteiger partial charge in [-0.05, 0) is 40.9 Å². The quantitative estimate of drug-likeness (QED) is 0.842. The number of carbonyl (C=O) groups excluding carboxylic acids is 1. The van der Waals surface area contributed by atoms with Crippen LogP contribution in [0.25, 0.3) is 11.0 Å². The van der Waals surface area contributed by atoms with E-state index in [2.05, 4.69) is 14.9 Å². The first-order chi connectivity index (χ1) is 10.1. The van der Waals surface area contributed by atoms with Gasteiger partial charge in [0.1, 0.15) is 11.0 Å². The number of carbonyl (C=O) groups is 1. The lowest BCUT2D eigenvalue weighted by Crippen LogP contribution is -2.48. The Morgan fingerprint density at radius 3 is 2.81 bits per heavy atom. The van der Waals surface area contributed by atoms with E-state index in [9.17, 15) is 4.79 Å². The van der Waals surface area contributed by atoms with Crippen LogP contribution in [0.15, 0.2) is 22.8 Å². The number of benzene rings is 1. The summed E-state index contributed by atoms with van der Waals surface area (Å²) < 4.78 is 9.93. The van der Waals surface area contributed by atoms with Crippen molar-refractivity contribution in [1.29, 1.82) is 0 Å². The summed E-state index contributed by atoms with van der Waals surface area (Å²) in [4.78, 5) is 14.4. The summed E-state index contributed by atoms with van der Waals surface area (Å²) in [5, 5.41) is 7.60. The molecular weight excluding hydrogens is 270 g/mol. The zero-order valence-corrected chi connectivity index (χ0v) is 12.3. The first-order valence-electron chi connectivity index (χ1n) is 7.10. The molecule has 1 saturated carbocycles. The second-order valence-corrected chi connectivity index (χ2v) is 5.82. The monoisotopic (exact) mass is 289 g/mol. The number of fused-ring (bicyclic) bond motifs is 1. The highest BCUT2D eigenvalue weighted by molar-refractivity contribution is 5.83. The van der Waals surface area contributed by atoms with Crippen LogP contribution in [-0.2, 0) is 16.1 Å². The molecule has 1 aromatic heterocycles. The summed E-state index contributed by atoms with van der Waals surface area (Å²) in [7, 11) is 3.49. The number of amides is 1. The first-order valence-corrected chi connectivity index (χ1v) is 7.10. The van der Waals surface area contributed by atoms with Gasteiger partial charge in [0.15, 0.2) is 0 Å². The summed E-state index contributed by atoms with van der Waals surface area (Å²) in [5.74, 6) is 0.161. The SMILES string of the molecule is COCC1(C(=O)N(C)Cc2ccc3nonc3c2)CCC1. The Hall–Kier alpha value is -1.95. The zero-order chi connectivity index (χ0) is 14.9. The molecule has 0 unspecified atom stereocenters. The van der Waals surface area contributed by atoms with Gasteiger partial charge in [-0.25, -0.2) is 4.63 Å². The van der Waals surface area contributed by atoms with E-state index in [-0.39, 0.29) is 11.3 Å². The van der Waals surface area contributed by atoms with Crippen molar-refractivity contribution in [2.45, 2.75) is 25.8 Å². The maximum Gasteiger partial charge on any atom is 0.231 e. The molecule has 1 amide bonds. The third kappa shape index (κ3) is 2.51. The van der Waals surface area contributed by atoms with Gasteiger partial charge >= 0.3 is 0 Å². The van der Waals surface area contributed by atoms with Crippen LogP contribution in [0.4, 0.5) is 0 Å². The fourth-order valence-corrected chi connectivity index (χ4v) is 2.98. The van der Waals surface area contributed by atoms with Gasteiger partial charge in [-0.2, -0.15) is 0 Å². The van der Waals surface area contributed by atoms with Crippen molar-refractivity contribution in [3.05, 3.63) is 23.8 Å². The van der Waals surface area contributed by atoms with Gasteiger partial charge in [0.25, 0.3) is 0 Å². The summed E-state index contributed by atoms with van der Waals surface area (Å²) in [6.07, 6.45) is 2.92. The van der Waals surface area contributed by atoms with Crippen LogP contribution in [0.5, 0.6) is 0 Å². The van der Waals surface area contributed by atoms with Crippen molar-refractivity contribution < 1.29 is 14.2 Å². The van der Waals surface area contributed by atoms with E-state index in [1.54, 1.807) is 12.0 Å². The van der Waals surface area contributed by atoms with Crippen molar-refractivity contribution in [3.63, 3.8) is 0 Å². The summed E-state index contributed by atoms with van der Waals surface area (Å²) >= 11 is 0. The van der Waals surface area contributed by atoms with Crippen LogP contribution in [-0.4, -0.2) is 41.9 Å². The minimum absolute atomic E-state index is 0.161. The molecule has 3 rings (SSSR count). The highest BCUT2D eigenvalue weighted by atomic mass is 16.6. The number of hydrogen-bond donors (Lipinski definition) is 0. The summed E-state index contributed by atoms with van der Waals surface area (Å²) in [5.41, 5.74) is 2.13. The van der Waals surface area contributed by atoms with Crippen LogP contribution in [0.2, 0.25) is 0 Å². The molecule has 2 aromatic rings. The van der Waals surface area contributed by atoms with E-state index in [1.807, 2.05) is 25.2 Å². The second kappa shape index (κ2) is 5.44. The lowest BCUT2D eigenvalue weighted by atomic mass is 9.68. The van der Waals surface area contributed by atoms with Crippen molar-refractivity contribution in [2.24, 2.45) is 5.41 Å². The molecule has 0 atom stereocenters. The van der Waals surface area contributed by atoms with Crippen molar-refractivity contribution in [3.8, 4) is 0 Å². The van der Waals surface area contributed by atoms with E-state index < -0.39 is 0 Å². The average Bonchev–Trinajstić information content (AvgIpc) is 2.89. The van der Waals surface area contributed by atoms with Crippen LogP contribution in [0.3, 0.4) is 0 Å². The van der Waals surface area contributed by atoms with Gasteiger partial charge in [0.05, 0.1) is 12.0 Å². The van der Waals surface area contributed by atoms with Crippen molar-refractivity contribution in [2.75, 3.05) is 20.8 Å². The molecule has 21 heavy (non-hydrogen) atoms. The predicted molar refractivity (Wildman–Crippen MR) is 76.4 cm³/mol. The molecule has 0 aliphatic heterocycles. The standard InChI is InChI=1S/C15H19N3O3/c1-18(14(19)15(10-20-2)6-3-7-15)9-11-4-5-12-13(8-11)17-21-16-12/h4-5,8H,3,6-7,9-10H2,1-2H3. The molecule has 1 fully saturated rings. The molecule has 6 heteroatoms. The summed E-state index contributed by atoms with van der Waals surface area (Å²) in [6.45, 7) is 1.05. The minimum atomic E-state index is -0.316. The van der Waals surface area contributed by atoms with Gasteiger partial charge in [0.2, 0.25) is 5.91 Å². The fourth-order valence-electron chi connectivity index (χ4n) is 2.98. The third-order valence-electron chi connectivity index (χ3n) is 4.27. The molecule has 0 bridgehead atoms. The second-order valence-electron chi connectivity index (χ2n) is 5.82. The molecule has 0 saturated heterocycles. The summed E-state index contributed by atoms with van der Waals surface area (Å²) in [6, 6.07) is 5.70. The Morgan fingerprint density at radius 2 is 2.14 bits per heavy atom. The van der Waals surface area contributed by atoms with Crippen molar-refractivity contribution >= 4 is 16.9 Å². The normalized spacial score (nSPS) is 16.7. The maximum atomic E-state index is 12.7. The molecule has 0 radical (unpaired) electrons. The van der Waals surface area contributed by atoms with Crippen molar-refractivity contribution in [1.82, 2.24) is 15.2 Å². The molecule has 1 heterocycles. The van der Waals surface area contributed by atoms with E-state index >= 15 is 0 Å². The molecular formula is C15H19N3O3. The molecule has 0 spiro atoms. The number of hydrogen-bond acceptors (Lipinski definition) is 5. The number of nitrogens with zero attached hydrogens (tertiary/aromatic N) is 3. The Kier molecular flexibility index (Phi) is 3.63. The van der Waals surface area contributed by atoms with Gasteiger partial charge in [-0.1, -0.05) is 12.5 Å². The van der Waals surface area contributed by atoms with E-state index in [1.165, 1.54) is 0 Å². The van der Waals surface area contributed by atoms with E-state index in [0.29, 0.717) is 18.7 Å². The molecule has 6 nitrogen and oxygen atoms in total. The molecule has 1 aliphatic carbocycles. The number of methoxy groups -OCH3 is 1. The fraction of sp³-hybridized carbons (Fsp3) is 0.533. The lowest BCUT2D eigenvalue weighted by Gasteiger charge is -2.42. The largest absolute Gasteiger partial charge is 0.384 e. The topological polar surface area (TPSA) is 68.5 Å². The average molecular weight is 289 g/mol. The van der Waals surface area contributed by atoms with E-state index in [0.717, 1.165) is 30.3 Å². The molecule has 112 valence electrons. The zero-order valence-electron chi connectivity index (χ0n) is 12.3. The maximum absolute atomic E-state index is 12.7. The highest BCUT2D eigenvalue weighted by Crippen LogP contribution is 2.42. The van der Waals surface area contributed by atoms with E-state index in [4.69, 9.17) is 4.74 Å². The number of rotatable bonds is 5. The molecule has 1 aromatic carbocycles. The Labute approximate surface area is 123 Å². The smallest absolute Gasteiger partial charge is 0.231 e. The van der Waals surface area contributed by atoms with Gasteiger partial charge in [-0.15, -0.1) is 0 Å². The Balaban J connectivity index is 1.72. The highest BCUT2D eigenvalue weighted by Gasteiger charge is 2.45. The Morgan fingerprint density at radius 1 is 1.38 bits per heavy atom. The number of ether oxygens (including phenoxy) is 1. The Bertz CT molecular complexity index is 648. The van der Waals surface area contributed by atoms with Gasteiger partial charge < -0.3 is 9.64 Å². The molecule has 0 N–H and O–H groups in total. The van der Waals surface area contributed by atoms with Crippen LogP contribution < -0.4 is 0 Å². The lowest BCUT2D eigenvalue weighted by molar-refractivity contribution is -0.151. The minimum Gasteiger partial charge on any atom is -0.384 e. The third-order valence-corrected chi connectivity index (χ3v) is 4.27. The van der Waals surface area contributed by atoms with Crippen LogP contribution >= 0.6 is 0 Å². The van der Waals surface area contributed by atoms with Crippen LogP contribution in [0.1, 0.15) is 24.8 Å². The predicted octanol–water partition coefficient (Wildman–Crippen LogP) is 2.00. The van der Waals surface area contributed by atoms with Crippen LogP contribution in [0, 0.1) is 5.41 Å². The first kappa shape index (κ1) is 14.0.